The van der Waals surface area contributed by atoms with Crippen LogP contribution in [0.15, 0.2) is 90.9 Å². The molecule has 0 radical (unpaired) electrons. The number of aromatic nitrogens is 1. The molecular weight excluding hydrogens is 448 g/mol. The number of allylic oxidation sites excluding steroid dienone is 3. The van der Waals surface area contributed by atoms with Crippen molar-refractivity contribution in [2.75, 3.05) is 14.2 Å². The molecule has 6 heteroatoms. The molecule has 36 heavy (non-hydrogen) atoms. The van der Waals surface area contributed by atoms with Gasteiger partial charge in [-0.3, -0.25) is 4.98 Å². The highest BCUT2D eigenvalue weighted by Gasteiger charge is 2.07. The van der Waals surface area contributed by atoms with Crippen molar-refractivity contribution in [3.8, 4) is 11.5 Å². The Balaban J connectivity index is 1.37. The average Bonchev–Trinajstić information content (AvgIpc) is 2.90. The third kappa shape index (κ3) is 6.73. The second-order valence-corrected chi connectivity index (χ2v) is 8.47. The van der Waals surface area contributed by atoms with Gasteiger partial charge in [0, 0.05) is 37.1 Å². The fourth-order valence-corrected chi connectivity index (χ4v) is 3.77. The van der Waals surface area contributed by atoms with E-state index >= 15 is 0 Å². The van der Waals surface area contributed by atoms with Gasteiger partial charge in [-0.1, -0.05) is 24.3 Å². The molecule has 0 bridgehead atoms. The molecule has 0 aliphatic carbocycles. The lowest BCUT2D eigenvalue weighted by Crippen LogP contribution is -2.14. The number of fused-ring (bicyclic) bond motifs is 1. The van der Waals surface area contributed by atoms with Crippen LogP contribution < -0.4 is 15.2 Å². The second-order valence-electron chi connectivity index (χ2n) is 8.47. The molecule has 2 aromatic carbocycles. The number of methoxy groups -OCH3 is 1. The zero-order valence-electron chi connectivity index (χ0n) is 20.5. The van der Waals surface area contributed by atoms with Gasteiger partial charge < -0.3 is 25.5 Å². The first kappa shape index (κ1) is 24.5. The van der Waals surface area contributed by atoms with Gasteiger partial charge in [0.1, 0.15) is 18.1 Å². The van der Waals surface area contributed by atoms with Crippen LogP contribution in [0.5, 0.6) is 11.5 Å². The van der Waals surface area contributed by atoms with Crippen molar-refractivity contribution in [2.24, 2.45) is 5.73 Å². The van der Waals surface area contributed by atoms with E-state index < -0.39 is 0 Å². The predicted molar refractivity (Wildman–Crippen MR) is 147 cm³/mol. The highest BCUT2D eigenvalue weighted by molar-refractivity contribution is 6.04. The van der Waals surface area contributed by atoms with E-state index in [9.17, 15) is 0 Å². The minimum atomic E-state index is 0.317. The molecule has 3 aromatic rings. The van der Waals surface area contributed by atoms with Crippen LogP contribution in [0.2, 0.25) is 0 Å². The molecule has 1 aliphatic rings. The molecular formula is C30H30N4O2. The summed E-state index contributed by atoms with van der Waals surface area (Å²) in [5.41, 5.74) is 12.2. The molecule has 182 valence electrons. The highest BCUT2D eigenvalue weighted by atomic mass is 16.5. The highest BCUT2D eigenvalue weighted by Crippen LogP contribution is 2.26. The fourth-order valence-electron chi connectivity index (χ4n) is 3.77. The van der Waals surface area contributed by atoms with Gasteiger partial charge in [0.15, 0.2) is 0 Å². The molecule has 0 fully saturated rings. The van der Waals surface area contributed by atoms with Crippen LogP contribution >= 0.6 is 0 Å². The van der Waals surface area contributed by atoms with E-state index in [1.165, 1.54) is 11.1 Å². The molecule has 0 spiro atoms. The van der Waals surface area contributed by atoms with Crippen molar-refractivity contribution in [3.05, 3.63) is 119 Å². The average molecular weight is 479 g/mol. The normalized spacial score (nSPS) is 13.3. The maximum Gasteiger partial charge on any atom is 0.130 e. The van der Waals surface area contributed by atoms with Gasteiger partial charge in [0.05, 0.1) is 18.5 Å². The Hall–Kier alpha value is -4.58. The number of rotatable bonds is 9. The van der Waals surface area contributed by atoms with Crippen molar-refractivity contribution >= 4 is 23.9 Å². The number of hydrogen-bond donors (Lipinski definition) is 2. The summed E-state index contributed by atoms with van der Waals surface area (Å²) in [6.45, 7) is 1.26. The number of hydrogen-bond acceptors (Lipinski definition) is 6. The van der Waals surface area contributed by atoms with Crippen molar-refractivity contribution in [1.29, 1.82) is 5.41 Å². The summed E-state index contributed by atoms with van der Waals surface area (Å²) in [4.78, 5) is 6.41. The smallest absolute Gasteiger partial charge is 0.130 e. The van der Waals surface area contributed by atoms with Gasteiger partial charge in [0.25, 0.3) is 0 Å². The van der Waals surface area contributed by atoms with E-state index in [2.05, 4.69) is 47.4 Å². The summed E-state index contributed by atoms with van der Waals surface area (Å²) in [5, 5.41) is 8.25. The molecule has 0 unspecified atom stereocenters. The molecule has 0 amide bonds. The number of pyridine rings is 1. The number of ether oxygens (including phenoxy) is 2. The fraction of sp³-hybridized carbons (Fsp3) is 0.133. The van der Waals surface area contributed by atoms with Crippen LogP contribution in [0, 0.1) is 5.41 Å². The molecule has 2 heterocycles. The minimum Gasteiger partial charge on any atom is -0.496 e. The SMILES string of the molecule is COc1cc(OCc2ccccn2)ccc1/C=C/C(N)=CC(=N)/C=C/c1ccc2c(c1)CN(C)C=C2. The summed E-state index contributed by atoms with van der Waals surface area (Å²) in [5.74, 6) is 1.36. The Morgan fingerprint density at radius 3 is 2.81 bits per heavy atom. The lowest BCUT2D eigenvalue weighted by atomic mass is 10.0. The first-order chi connectivity index (χ1) is 17.5. The number of nitrogens with one attached hydrogen (secondary N) is 1. The largest absolute Gasteiger partial charge is 0.496 e. The van der Waals surface area contributed by atoms with E-state index in [1.54, 1.807) is 31.5 Å². The van der Waals surface area contributed by atoms with Crippen molar-refractivity contribution in [2.45, 2.75) is 13.2 Å². The topological polar surface area (TPSA) is 84.5 Å². The molecule has 0 saturated carbocycles. The summed E-state index contributed by atoms with van der Waals surface area (Å²) in [7, 11) is 3.67. The van der Waals surface area contributed by atoms with Gasteiger partial charge in [-0.15, -0.1) is 0 Å². The second kappa shape index (κ2) is 11.7. The summed E-state index contributed by atoms with van der Waals surface area (Å²) < 4.78 is 11.3. The van der Waals surface area contributed by atoms with E-state index in [0.29, 0.717) is 29.5 Å². The van der Waals surface area contributed by atoms with Crippen molar-refractivity contribution < 1.29 is 9.47 Å². The Bertz CT molecular complexity index is 1340. The van der Waals surface area contributed by atoms with E-state index in [-0.39, 0.29) is 0 Å². The minimum absolute atomic E-state index is 0.317. The Morgan fingerprint density at radius 1 is 1.11 bits per heavy atom. The zero-order valence-corrected chi connectivity index (χ0v) is 20.5. The number of nitrogens with zero attached hydrogens (tertiary/aromatic N) is 2. The van der Waals surface area contributed by atoms with Crippen LogP contribution in [0.3, 0.4) is 0 Å². The molecule has 6 nitrogen and oxygen atoms in total. The Morgan fingerprint density at radius 2 is 2.00 bits per heavy atom. The Labute approximate surface area is 212 Å². The van der Waals surface area contributed by atoms with Crippen molar-refractivity contribution in [3.63, 3.8) is 0 Å². The lowest BCUT2D eigenvalue weighted by molar-refractivity contribution is 0.299. The lowest BCUT2D eigenvalue weighted by Gasteiger charge is -2.20. The monoisotopic (exact) mass is 478 g/mol. The van der Waals surface area contributed by atoms with E-state index in [0.717, 1.165) is 23.4 Å². The predicted octanol–water partition coefficient (Wildman–Crippen LogP) is 5.67. The molecule has 3 N–H and O–H groups in total. The molecule has 4 rings (SSSR count). The summed E-state index contributed by atoms with van der Waals surface area (Å²) >= 11 is 0. The molecule has 0 saturated heterocycles. The maximum absolute atomic E-state index is 8.25. The first-order valence-corrected chi connectivity index (χ1v) is 11.6. The van der Waals surface area contributed by atoms with Crippen LogP contribution in [-0.2, 0) is 13.2 Å². The van der Waals surface area contributed by atoms with Gasteiger partial charge in [0.2, 0.25) is 0 Å². The quantitative estimate of drug-likeness (QED) is 0.306. The summed E-state index contributed by atoms with van der Waals surface area (Å²) in [6, 6.07) is 17.7. The van der Waals surface area contributed by atoms with Crippen LogP contribution in [-0.4, -0.2) is 29.8 Å². The molecule has 1 aromatic heterocycles. The van der Waals surface area contributed by atoms with Crippen LogP contribution in [0.25, 0.3) is 18.2 Å². The van der Waals surface area contributed by atoms with Crippen LogP contribution in [0.4, 0.5) is 0 Å². The molecule has 0 atom stereocenters. The van der Waals surface area contributed by atoms with E-state index in [4.69, 9.17) is 20.6 Å². The zero-order chi connectivity index (χ0) is 25.3. The first-order valence-electron chi connectivity index (χ1n) is 11.6. The van der Waals surface area contributed by atoms with Crippen LogP contribution in [0.1, 0.15) is 27.9 Å². The number of benzene rings is 2. The van der Waals surface area contributed by atoms with E-state index in [1.807, 2.05) is 48.6 Å². The standard InChI is InChI=1S/C30H30N4O2/c1-34-16-14-23-8-6-22(17-25(23)20-34)7-11-26(31)18-27(32)12-9-24-10-13-29(19-30(24)35-2)36-21-28-5-3-4-15-33-28/h3-19,31H,20-21,32H2,1-2H3/b11-7+,12-9+,27-18?,31-26?. The third-order valence-corrected chi connectivity index (χ3v) is 5.65. The van der Waals surface area contributed by atoms with Gasteiger partial charge in [-0.05, 0) is 83.6 Å². The number of nitrogens with two attached hydrogens (primary N) is 1. The third-order valence-electron chi connectivity index (χ3n) is 5.65. The Kier molecular flexibility index (Phi) is 7.98. The van der Waals surface area contributed by atoms with Gasteiger partial charge in [-0.25, -0.2) is 0 Å². The summed E-state index contributed by atoms with van der Waals surface area (Å²) in [6.07, 6.45) is 14.9. The van der Waals surface area contributed by atoms with Gasteiger partial charge >= 0.3 is 0 Å². The molecule has 1 aliphatic heterocycles. The maximum atomic E-state index is 8.25. The van der Waals surface area contributed by atoms with Crippen molar-refractivity contribution in [1.82, 2.24) is 9.88 Å². The van der Waals surface area contributed by atoms with Gasteiger partial charge in [-0.2, -0.15) is 0 Å².